The van der Waals surface area contributed by atoms with Crippen LogP contribution in [0.1, 0.15) is 12.0 Å². The first-order valence-corrected chi connectivity index (χ1v) is 5.12. The number of ketones is 1. The van der Waals surface area contributed by atoms with Gasteiger partial charge in [-0.2, -0.15) is 5.26 Å². The van der Waals surface area contributed by atoms with Gasteiger partial charge in [0.05, 0.1) is 18.2 Å². The highest BCUT2D eigenvalue weighted by Gasteiger charge is 2.26. The van der Waals surface area contributed by atoms with Crippen molar-refractivity contribution >= 4 is 11.5 Å². The number of piperidine rings is 1. The first-order chi connectivity index (χ1) is 7.70. The van der Waals surface area contributed by atoms with Crippen molar-refractivity contribution in [2.45, 2.75) is 12.6 Å². The molecule has 0 bridgehead atoms. The highest BCUT2D eigenvalue weighted by molar-refractivity contribution is 5.85. The van der Waals surface area contributed by atoms with Crippen molar-refractivity contribution in [3.63, 3.8) is 0 Å². The minimum atomic E-state index is -1.38. The molecule has 1 aliphatic heterocycles. The highest BCUT2D eigenvalue weighted by atomic mass is 19.1. The lowest BCUT2D eigenvalue weighted by Gasteiger charge is -2.30. The van der Waals surface area contributed by atoms with Crippen LogP contribution in [0, 0.1) is 11.3 Å². The second kappa shape index (κ2) is 4.31. The van der Waals surface area contributed by atoms with Gasteiger partial charge in [0.2, 0.25) is 0 Å². The van der Waals surface area contributed by atoms with Crippen molar-refractivity contribution in [2.24, 2.45) is 0 Å². The van der Waals surface area contributed by atoms with E-state index in [4.69, 9.17) is 5.26 Å². The van der Waals surface area contributed by atoms with Gasteiger partial charge < -0.3 is 4.90 Å². The molecule has 0 radical (unpaired) electrons. The molecule has 0 spiro atoms. The van der Waals surface area contributed by atoms with Crippen molar-refractivity contribution in [1.82, 2.24) is 0 Å². The smallest absolute Gasteiger partial charge is 0.175 e. The van der Waals surface area contributed by atoms with Crippen LogP contribution in [0.25, 0.3) is 0 Å². The van der Waals surface area contributed by atoms with Crippen molar-refractivity contribution < 1.29 is 9.18 Å². The van der Waals surface area contributed by atoms with Crippen LogP contribution >= 0.6 is 0 Å². The summed E-state index contributed by atoms with van der Waals surface area (Å²) in [5, 5.41) is 8.65. The first-order valence-electron chi connectivity index (χ1n) is 5.12. The van der Waals surface area contributed by atoms with Crippen LogP contribution in [0.5, 0.6) is 0 Å². The third kappa shape index (κ3) is 2.03. The molecular weight excluding hydrogens is 207 g/mol. The van der Waals surface area contributed by atoms with E-state index in [-0.39, 0.29) is 18.7 Å². The third-order valence-electron chi connectivity index (χ3n) is 2.72. The molecule has 0 N–H and O–H groups in total. The maximum Gasteiger partial charge on any atom is 0.175 e. The fourth-order valence-corrected chi connectivity index (χ4v) is 1.77. The summed E-state index contributed by atoms with van der Waals surface area (Å²) in [5.74, 6) is -0.315. The zero-order valence-corrected chi connectivity index (χ0v) is 8.69. The summed E-state index contributed by atoms with van der Waals surface area (Å²) >= 11 is 0. The summed E-state index contributed by atoms with van der Waals surface area (Å²) in [5.41, 5.74) is 1.43. The first kappa shape index (κ1) is 10.6. The number of carbonyl (C=O) groups is 1. The Labute approximate surface area is 93.1 Å². The van der Waals surface area contributed by atoms with E-state index in [1.807, 2.05) is 11.0 Å². The topological polar surface area (TPSA) is 44.1 Å². The predicted octanol–water partition coefficient (Wildman–Crippen LogP) is 1.68. The van der Waals surface area contributed by atoms with Crippen LogP contribution in [-0.4, -0.2) is 25.0 Å². The molecule has 1 fully saturated rings. The zero-order chi connectivity index (χ0) is 11.5. The fraction of sp³-hybridized carbons (Fsp3) is 0.333. The Morgan fingerprint density at radius 2 is 2.06 bits per heavy atom. The van der Waals surface area contributed by atoms with E-state index in [9.17, 15) is 9.18 Å². The van der Waals surface area contributed by atoms with Gasteiger partial charge in [-0.1, -0.05) is 0 Å². The van der Waals surface area contributed by atoms with Gasteiger partial charge in [-0.15, -0.1) is 0 Å². The molecule has 0 aliphatic carbocycles. The van der Waals surface area contributed by atoms with Crippen LogP contribution in [0.4, 0.5) is 10.1 Å². The summed E-state index contributed by atoms with van der Waals surface area (Å²) < 4.78 is 13.2. The van der Waals surface area contributed by atoms with Crippen LogP contribution in [-0.2, 0) is 4.79 Å². The summed E-state index contributed by atoms with van der Waals surface area (Å²) in [4.78, 5) is 12.9. The molecule has 1 atom stereocenters. The molecule has 82 valence electrons. The predicted molar refractivity (Wildman–Crippen MR) is 57.9 cm³/mol. The number of rotatable bonds is 1. The molecule has 0 amide bonds. The van der Waals surface area contributed by atoms with Crippen molar-refractivity contribution in [2.75, 3.05) is 18.0 Å². The normalized spacial score (nSPS) is 20.6. The summed E-state index contributed by atoms with van der Waals surface area (Å²) in [6.07, 6.45) is -1.13. The van der Waals surface area contributed by atoms with E-state index in [1.165, 1.54) is 0 Å². The lowest BCUT2D eigenvalue weighted by atomic mass is 10.1. The minimum Gasteiger partial charge on any atom is -0.368 e. The van der Waals surface area contributed by atoms with Crippen molar-refractivity contribution in [1.29, 1.82) is 5.26 Å². The fourth-order valence-electron chi connectivity index (χ4n) is 1.77. The summed E-state index contributed by atoms with van der Waals surface area (Å²) in [6.45, 7) is 0.663. The van der Waals surface area contributed by atoms with Crippen LogP contribution in [0.15, 0.2) is 24.3 Å². The lowest BCUT2D eigenvalue weighted by Crippen LogP contribution is -2.42. The SMILES string of the molecule is N#Cc1ccc(N2CCC(=O)C(F)C2)cc1. The van der Waals surface area contributed by atoms with Gasteiger partial charge in [0.25, 0.3) is 0 Å². The van der Waals surface area contributed by atoms with Gasteiger partial charge in [-0.05, 0) is 24.3 Å². The molecule has 1 heterocycles. The van der Waals surface area contributed by atoms with E-state index in [0.717, 1.165) is 5.69 Å². The van der Waals surface area contributed by atoms with Gasteiger partial charge in [0, 0.05) is 18.7 Å². The van der Waals surface area contributed by atoms with Crippen LogP contribution < -0.4 is 4.90 Å². The van der Waals surface area contributed by atoms with Gasteiger partial charge in [0.1, 0.15) is 0 Å². The van der Waals surface area contributed by atoms with Crippen molar-refractivity contribution in [3.8, 4) is 6.07 Å². The van der Waals surface area contributed by atoms with Crippen LogP contribution in [0.2, 0.25) is 0 Å². The standard InChI is InChI=1S/C12H11FN2O/c13-11-8-15(6-5-12(11)16)10-3-1-9(7-14)2-4-10/h1-4,11H,5-6,8H2. The molecule has 0 aromatic heterocycles. The Hall–Kier alpha value is -1.89. The maximum absolute atomic E-state index is 13.2. The van der Waals surface area contributed by atoms with Gasteiger partial charge in [-0.25, -0.2) is 4.39 Å². The third-order valence-corrected chi connectivity index (χ3v) is 2.72. The number of hydrogen-bond donors (Lipinski definition) is 0. The Bertz CT molecular complexity index is 435. The average molecular weight is 218 g/mol. The number of carbonyl (C=O) groups excluding carboxylic acids is 1. The molecule has 1 unspecified atom stereocenters. The second-order valence-electron chi connectivity index (χ2n) is 3.79. The van der Waals surface area contributed by atoms with E-state index in [1.54, 1.807) is 24.3 Å². The molecule has 2 rings (SSSR count). The number of nitriles is 1. The van der Waals surface area contributed by atoms with E-state index in [2.05, 4.69) is 0 Å². The lowest BCUT2D eigenvalue weighted by molar-refractivity contribution is -0.124. The quantitative estimate of drug-likeness (QED) is 0.720. The average Bonchev–Trinajstić information content (AvgIpc) is 2.33. The van der Waals surface area contributed by atoms with Crippen LogP contribution in [0.3, 0.4) is 0 Å². The number of alkyl halides is 1. The Morgan fingerprint density at radius 3 is 2.62 bits per heavy atom. The monoisotopic (exact) mass is 218 g/mol. The molecule has 1 aromatic carbocycles. The van der Waals surface area contributed by atoms with Gasteiger partial charge >= 0.3 is 0 Å². The molecule has 1 saturated heterocycles. The largest absolute Gasteiger partial charge is 0.368 e. The van der Waals surface area contributed by atoms with E-state index < -0.39 is 6.17 Å². The molecule has 3 nitrogen and oxygen atoms in total. The number of halogens is 1. The molecule has 4 heteroatoms. The number of anilines is 1. The minimum absolute atomic E-state index is 0.116. The molecule has 1 aromatic rings. The Kier molecular flexibility index (Phi) is 2.86. The van der Waals surface area contributed by atoms with E-state index >= 15 is 0 Å². The van der Waals surface area contributed by atoms with Gasteiger partial charge in [0.15, 0.2) is 12.0 Å². The summed E-state index contributed by atoms with van der Waals surface area (Å²) in [6, 6.07) is 8.97. The number of nitrogens with zero attached hydrogens (tertiary/aromatic N) is 2. The zero-order valence-electron chi connectivity index (χ0n) is 8.69. The molecular formula is C12H11FN2O. The Morgan fingerprint density at radius 1 is 1.38 bits per heavy atom. The number of benzene rings is 1. The second-order valence-corrected chi connectivity index (χ2v) is 3.79. The van der Waals surface area contributed by atoms with Crippen molar-refractivity contribution in [3.05, 3.63) is 29.8 Å². The molecule has 1 aliphatic rings. The van der Waals surface area contributed by atoms with E-state index in [0.29, 0.717) is 12.1 Å². The number of hydrogen-bond acceptors (Lipinski definition) is 3. The Balaban J connectivity index is 2.13. The van der Waals surface area contributed by atoms with Gasteiger partial charge in [-0.3, -0.25) is 4.79 Å². The number of Topliss-reactive ketones (excluding diaryl/α,β-unsaturated/α-hetero) is 1. The highest BCUT2D eigenvalue weighted by Crippen LogP contribution is 2.20. The molecule has 16 heavy (non-hydrogen) atoms. The maximum atomic E-state index is 13.2. The molecule has 0 saturated carbocycles. The summed E-state index contributed by atoms with van der Waals surface area (Å²) in [7, 11) is 0.